The van der Waals surface area contributed by atoms with Crippen LogP contribution in [0.4, 0.5) is 0 Å². The molecule has 0 atom stereocenters. The zero-order valence-electron chi connectivity index (χ0n) is 12.7. The van der Waals surface area contributed by atoms with Crippen molar-refractivity contribution in [3.63, 3.8) is 0 Å². The number of rotatable bonds is 6. The molecule has 0 aliphatic heterocycles. The highest BCUT2D eigenvalue weighted by Crippen LogP contribution is 2.23. The highest BCUT2D eigenvalue weighted by molar-refractivity contribution is 5.94. The van der Waals surface area contributed by atoms with Crippen molar-refractivity contribution in [1.29, 1.82) is 0 Å². The van der Waals surface area contributed by atoms with E-state index in [0.29, 0.717) is 13.1 Å². The van der Waals surface area contributed by atoms with Crippen LogP contribution in [-0.4, -0.2) is 19.0 Å². The molecule has 0 bridgehead atoms. The van der Waals surface area contributed by atoms with Crippen LogP contribution in [0.5, 0.6) is 0 Å². The van der Waals surface area contributed by atoms with Gasteiger partial charge in [0.15, 0.2) is 0 Å². The predicted octanol–water partition coefficient (Wildman–Crippen LogP) is 2.67. The van der Waals surface area contributed by atoms with Crippen molar-refractivity contribution in [1.82, 2.24) is 5.32 Å². The van der Waals surface area contributed by atoms with E-state index in [4.69, 9.17) is 5.73 Å². The van der Waals surface area contributed by atoms with Gasteiger partial charge in [0.25, 0.3) is 5.91 Å². The van der Waals surface area contributed by atoms with E-state index in [2.05, 4.69) is 31.3 Å². The van der Waals surface area contributed by atoms with E-state index in [1.165, 1.54) is 17.5 Å². The molecule has 1 aliphatic rings. The van der Waals surface area contributed by atoms with Crippen molar-refractivity contribution in [2.24, 2.45) is 11.1 Å². The smallest absolute Gasteiger partial charge is 0.251 e. The molecule has 1 aromatic rings. The van der Waals surface area contributed by atoms with Gasteiger partial charge in [-0.3, -0.25) is 4.79 Å². The van der Waals surface area contributed by atoms with Gasteiger partial charge in [-0.25, -0.2) is 0 Å². The van der Waals surface area contributed by atoms with Crippen LogP contribution in [0.25, 0.3) is 0 Å². The second-order valence-electron chi connectivity index (χ2n) is 6.58. The van der Waals surface area contributed by atoms with Crippen LogP contribution in [0.1, 0.15) is 54.6 Å². The number of nitrogens with one attached hydrogen (secondary N) is 1. The molecular weight excluding hydrogens is 248 g/mol. The second-order valence-corrected chi connectivity index (χ2v) is 6.58. The first-order chi connectivity index (χ1) is 9.52. The minimum absolute atomic E-state index is 0.0422. The van der Waals surface area contributed by atoms with Gasteiger partial charge in [0.2, 0.25) is 0 Å². The highest BCUT2D eigenvalue weighted by atomic mass is 16.1. The number of aryl methyl sites for hydroxylation is 2. The van der Waals surface area contributed by atoms with Crippen LogP contribution in [0.15, 0.2) is 18.2 Å². The Kier molecular flexibility index (Phi) is 4.81. The highest BCUT2D eigenvalue weighted by Gasteiger charge is 2.19. The standard InChI is InChI=1S/C17H26N2O/c1-17(2,9-4-10-18)12-19-16(20)15-8-7-13-5-3-6-14(13)11-15/h7-8,11H,3-6,9-10,12,18H2,1-2H3,(H,19,20). The van der Waals surface area contributed by atoms with Gasteiger partial charge in [0.05, 0.1) is 0 Å². The molecule has 0 aromatic heterocycles. The van der Waals surface area contributed by atoms with Crippen LogP contribution in [0.3, 0.4) is 0 Å². The summed E-state index contributed by atoms with van der Waals surface area (Å²) in [4.78, 5) is 12.2. The summed E-state index contributed by atoms with van der Waals surface area (Å²) in [5, 5.41) is 3.06. The van der Waals surface area contributed by atoms with Gasteiger partial charge in [-0.1, -0.05) is 19.9 Å². The lowest BCUT2D eigenvalue weighted by molar-refractivity contribution is 0.0934. The molecule has 0 saturated heterocycles. The molecule has 0 unspecified atom stereocenters. The maximum atomic E-state index is 12.2. The topological polar surface area (TPSA) is 55.1 Å². The van der Waals surface area contributed by atoms with E-state index in [9.17, 15) is 4.79 Å². The van der Waals surface area contributed by atoms with E-state index in [0.717, 1.165) is 31.2 Å². The molecular formula is C17H26N2O. The summed E-state index contributed by atoms with van der Waals surface area (Å²) in [5.74, 6) is 0.0422. The molecule has 0 saturated carbocycles. The number of fused-ring (bicyclic) bond motifs is 1. The molecule has 0 radical (unpaired) electrons. The molecule has 1 aromatic carbocycles. The van der Waals surface area contributed by atoms with Crippen LogP contribution >= 0.6 is 0 Å². The third kappa shape index (κ3) is 3.83. The Morgan fingerprint density at radius 1 is 1.30 bits per heavy atom. The summed E-state index contributed by atoms with van der Waals surface area (Å²) in [6.07, 6.45) is 5.52. The fourth-order valence-corrected chi connectivity index (χ4v) is 2.80. The van der Waals surface area contributed by atoms with Crippen LogP contribution in [-0.2, 0) is 12.8 Å². The summed E-state index contributed by atoms with van der Waals surface area (Å²) >= 11 is 0. The monoisotopic (exact) mass is 274 g/mol. The van der Waals surface area contributed by atoms with E-state index >= 15 is 0 Å². The molecule has 20 heavy (non-hydrogen) atoms. The van der Waals surface area contributed by atoms with Gasteiger partial charge in [0, 0.05) is 12.1 Å². The van der Waals surface area contributed by atoms with Crippen molar-refractivity contribution < 1.29 is 4.79 Å². The molecule has 3 nitrogen and oxygen atoms in total. The first-order valence-electron chi connectivity index (χ1n) is 7.62. The number of nitrogens with two attached hydrogens (primary N) is 1. The summed E-state index contributed by atoms with van der Waals surface area (Å²) in [6.45, 7) is 5.75. The molecule has 0 heterocycles. The summed E-state index contributed by atoms with van der Waals surface area (Å²) in [7, 11) is 0. The van der Waals surface area contributed by atoms with Gasteiger partial charge in [-0.2, -0.15) is 0 Å². The number of carbonyl (C=O) groups is 1. The normalized spacial score (nSPS) is 14.2. The Balaban J connectivity index is 1.92. The van der Waals surface area contributed by atoms with E-state index < -0.39 is 0 Å². The minimum atomic E-state index is 0.0422. The maximum absolute atomic E-state index is 12.2. The Morgan fingerprint density at radius 3 is 2.80 bits per heavy atom. The Morgan fingerprint density at radius 2 is 2.05 bits per heavy atom. The summed E-state index contributed by atoms with van der Waals surface area (Å²) < 4.78 is 0. The summed E-state index contributed by atoms with van der Waals surface area (Å²) in [5.41, 5.74) is 9.20. The van der Waals surface area contributed by atoms with Gasteiger partial charge in [-0.15, -0.1) is 0 Å². The Bertz CT molecular complexity index is 480. The molecule has 0 fully saturated rings. The quantitative estimate of drug-likeness (QED) is 0.838. The first kappa shape index (κ1) is 15.0. The number of benzene rings is 1. The molecule has 2 rings (SSSR count). The third-order valence-electron chi connectivity index (χ3n) is 4.15. The minimum Gasteiger partial charge on any atom is -0.352 e. The number of carbonyl (C=O) groups excluding carboxylic acids is 1. The maximum Gasteiger partial charge on any atom is 0.251 e. The Labute approximate surface area is 121 Å². The molecule has 110 valence electrons. The molecule has 3 N–H and O–H groups in total. The van der Waals surface area contributed by atoms with Gasteiger partial charge >= 0.3 is 0 Å². The van der Waals surface area contributed by atoms with Crippen LogP contribution in [0, 0.1) is 5.41 Å². The van der Waals surface area contributed by atoms with Crippen molar-refractivity contribution >= 4 is 5.91 Å². The molecule has 0 spiro atoms. The molecule has 1 aliphatic carbocycles. The van der Waals surface area contributed by atoms with E-state index in [-0.39, 0.29) is 11.3 Å². The van der Waals surface area contributed by atoms with Crippen LogP contribution in [0.2, 0.25) is 0 Å². The summed E-state index contributed by atoms with van der Waals surface area (Å²) in [6, 6.07) is 6.12. The fourth-order valence-electron chi connectivity index (χ4n) is 2.80. The average Bonchev–Trinajstić information content (AvgIpc) is 2.90. The van der Waals surface area contributed by atoms with Crippen LogP contribution < -0.4 is 11.1 Å². The zero-order valence-corrected chi connectivity index (χ0v) is 12.7. The largest absolute Gasteiger partial charge is 0.352 e. The van der Waals surface area contributed by atoms with Crippen molar-refractivity contribution in [3.8, 4) is 0 Å². The van der Waals surface area contributed by atoms with Crippen molar-refractivity contribution in [2.45, 2.75) is 46.0 Å². The predicted molar refractivity (Wildman–Crippen MR) is 82.9 cm³/mol. The number of hydrogen-bond donors (Lipinski definition) is 2. The number of amides is 1. The van der Waals surface area contributed by atoms with E-state index in [1.54, 1.807) is 0 Å². The van der Waals surface area contributed by atoms with Gasteiger partial charge < -0.3 is 11.1 Å². The lowest BCUT2D eigenvalue weighted by atomic mass is 9.87. The van der Waals surface area contributed by atoms with Gasteiger partial charge in [0.1, 0.15) is 0 Å². The first-order valence-corrected chi connectivity index (χ1v) is 7.62. The number of hydrogen-bond acceptors (Lipinski definition) is 2. The fraction of sp³-hybridized carbons (Fsp3) is 0.588. The second kappa shape index (κ2) is 6.40. The SMILES string of the molecule is CC(C)(CCCN)CNC(=O)c1ccc2c(c1)CCC2. The average molecular weight is 274 g/mol. The van der Waals surface area contributed by atoms with E-state index in [1.807, 2.05) is 6.07 Å². The lowest BCUT2D eigenvalue weighted by Gasteiger charge is -2.24. The Hall–Kier alpha value is -1.35. The zero-order chi connectivity index (χ0) is 14.6. The van der Waals surface area contributed by atoms with Crippen molar-refractivity contribution in [3.05, 3.63) is 34.9 Å². The molecule has 3 heteroatoms. The van der Waals surface area contributed by atoms with Gasteiger partial charge in [-0.05, 0) is 67.3 Å². The molecule has 1 amide bonds. The third-order valence-corrected chi connectivity index (χ3v) is 4.15. The lowest BCUT2D eigenvalue weighted by Crippen LogP contribution is -2.34. The van der Waals surface area contributed by atoms with Crippen molar-refractivity contribution in [2.75, 3.05) is 13.1 Å².